The molecule has 0 aromatic carbocycles. The summed E-state index contributed by atoms with van der Waals surface area (Å²) in [6, 6.07) is 0. The average Bonchev–Trinajstić information content (AvgIpc) is 2.04. The number of rotatable bonds is 7. The third-order valence-corrected chi connectivity index (χ3v) is 1.99. The topological polar surface area (TPSA) is 38.0 Å². The van der Waals surface area contributed by atoms with Crippen LogP contribution in [-0.4, -0.2) is 13.2 Å². The van der Waals surface area contributed by atoms with E-state index in [-0.39, 0.29) is 6.17 Å². The summed E-state index contributed by atoms with van der Waals surface area (Å²) >= 11 is 0. The highest BCUT2D eigenvalue weighted by Gasteiger charge is 1.96. The van der Waals surface area contributed by atoms with Gasteiger partial charge in [-0.15, -0.1) is 0 Å². The summed E-state index contributed by atoms with van der Waals surface area (Å²) in [4.78, 5) is 0. The molecule has 2 nitrogen and oxygen atoms in total. The Bertz CT molecular complexity index is 74.0. The van der Waals surface area contributed by atoms with Crippen molar-refractivity contribution < 1.29 is 0 Å². The maximum atomic E-state index is 5.68. The van der Waals surface area contributed by atoms with Gasteiger partial charge in [0.2, 0.25) is 0 Å². The molecule has 68 valence electrons. The van der Waals surface area contributed by atoms with Crippen LogP contribution in [0, 0.1) is 0 Å². The van der Waals surface area contributed by atoms with Crippen LogP contribution < -0.4 is 11.1 Å². The van der Waals surface area contributed by atoms with Gasteiger partial charge in [-0.05, 0) is 13.5 Å². The van der Waals surface area contributed by atoms with Gasteiger partial charge in [0.05, 0.1) is 6.17 Å². The van der Waals surface area contributed by atoms with Gasteiger partial charge in [-0.3, -0.25) is 0 Å². The molecule has 0 fully saturated rings. The molecular formula is C9H22N2. The molecule has 0 rings (SSSR count). The Balaban J connectivity index is 2.89. The van der Waals surface area contributed by atoms with Gasteiger partial charge in [0.25, 0.3) is 0 Å². The fraction of sp³-hybridized carbons (Fsp3) is 1.00. The molecule has 0 saturated carbocycles. The lowest BCUT2D eigenvalue weighted by Gasteiger charge is -2.08. The first-order chi connectivity index (χ1) is 5.31. The van der Waals surface area contributed by atoms with E-state index in [1.807, 2.05) is 7.05 Å². The van der Waals surface area contributed by atoms with Crippen LogP contribution >= 0.6 is 0 Å². The predicted molar refractivity (Wildman–Crippen MR) is 50.4 cm³/mol. The highest BCUT2D eigenvalue weighted by molar-refractivity contribution is 4.54. The molecule has 0 spiro atoms. The maximum absolute atomic E-state index is 5.68. The Labute approximate surface area is 70.5 Å². The van der Waals surface area contributed by atoms with Crippen molar-refractivity contribution in [3.05, 3.63) is 0 Å². The first-order valence-corrected chi connectivity index (χ1v) is 4.74. The van der Waals surface area contributed by atoms with Gasteiger partial charge in [-0.1, -0.05) is 39.0 Å². The van der Waals surface area contributed by atoms with Crippen molar-refractivity contribution in [3.8, 4) is 0 Å². The van der Waals surface area contributed by atoms with E-state index in [0.717, 1.165) is 6.42 Å². The van der Waals surface area contributed by atoms with E-state index in [9.17, 15) is 0 Å². The van der Waals surface area contributed by atoms with Crippen LogP contribution in [0.2, 0.25) is 0 Å². The highest BCUT2D eigenvalue weighted by Crippen LogP contribution is 2.04. The van der Waals surface area contributed by atoms with Gasteiger partial charge in [-0.2, -0.15) is 0 Å². The fourth-order valence-electron chi connectivity index (χ4n) is 1.11. The van der Waals surface area contributed by atoms with E-state index in [0.29, 0.717) is 0 Å². The van der Waals surface area contributed by atoms with Crippen LogP contribution in [0.1, 0.15) is 45.4 Å². The van der Waals surface area contributed by atoms with Gasteiger partial charge in [0.15, 0.2) is 0 Å². The van der Waals surface area contributed by atoms with Crippen molar-refractivity contribution in [1.82, 2.24) is 5.32 Å². The highest BCUT2D eigenvalue weighted by atomic mass is 15.0. The molecule has 0 aliphatic carbocycles. The first kappa shape index (κ1) is 10.9. The van der Waals surface area contributed by atoms with Gasteiger partial charge in [0.1, 0.15) is 0 Å². The van der Waals surface area contributed by atoms with Gasteiger partial charge in [0, 0.05) is 0 Å². The largest absolute Gasteiger partial charge is 0.316 e. The second-order valence-electron chi connectivity index (χ2n) is 3.10. The molecule has 0 aromatic heterocycles. The van der Waals surface area contributed by atoms with Crippen LogP contribution in [0.15, 0.2) is 0 Å². The molecule has 11 heavy (non-hydrogen) atoms. The lowest BCUT2D eigenvalue weighted by Crippen LogP contribution is -2.33. The fourth-order valence-corrected chi connectivity index (χ4v) is 1.11. The zero-order valence-electron chi connectivity index (χ0n) is 7.90. The number of hydrogen-bond acceptors (Lipinski definition) is 2. The summed E-state index contributed by atoms with van der Waals surface area (Å²) in [7, 11) is 1.91. The van der Waals surface area contributed by atoms with Crippen LogP contribution in [0.3, 0.4) is 0 Å². The Kier molecular flexibility index (Phi) is 7.96. The number of hydrogen-bond donors (Lipinski definition) is 2. The molecule has 0 aliphatic rings. The molecule has 1 atom stereocenters. The summed E-state index contributed by atoms with van der Waals surface area (Å²) in [5.74, 6) is 0. The quantitative estimate of drug-likeness (QED) is 0.438. The molecule has 0 saturated heterocycles. The molecule has 3 N–H and O–H groups in total. The van der Waals surface area contributed by atoms with E-state index in [4.69, 9.17) is 5.73 Å². The second kappa shape index (κ2) is 8.02. The number of nitrogens with two attached hydrogens (primary N) is 1. The summed E-state index contributed by atoms with van der Waals surface area (Å²) in [5, 5.41) is 3.03. The van der Waals surface area contributed by atoms with Crippen LogP contribution in [0.5, 0.6) is 0 Å². The molecule has 0 heterocycles. The van der Waals surface area contributed by atoms with E-state index >= 15 is 0 Å². The minimum Gasteiger partial charge on any atom is -0.316 e. The molecule has 0 radical (unpaired) electrons. The Hall–Kier alpha value is -0.0800. The predicted octanol–water partition coefficient (Wildman–Crippen LogP) is 1.85. The molecule has 0 amide bonds. The summed E-state index contributed by atoms with van der Waals surface area (Å²) in [6.45, 7) is 2.24. The summed E-state index contributed by atoms with van der Waals surface area (Å²) in [5.41, 5.74) is 5.68. The van der Waals surface area contributed by atoms with E-state index in [1.54, 1.807) is 0 Å². The molecule has 0 aromatic rings. The molecule has 2 heteroatoms. The van der Waals surface area contributed by atoms with Crippen molar-refractivity contribution in [2.24, 2.45) is 5.73 Å². The van der Waals surface area contributed by atoms with Crippen LogP contribution in [-0.2, 0) is 0 Å². The number of unbranched alkanes of at least 4 members (excludes halogenated alkanes) is 4. The molecular weight excluding hydrogens is 136 g/mol. The third-order valence-electron chi connectivity index (χ3n) is 1.99. The van der Waals surface area contributed by atoms with E-state index in [1.165, 1.54) is 32.1 Å². The van der Waals surface area contributed by atoms with Crippen molar-refractivity contribution in [1.29, 1.82) is 0 Å². The first-order valence-electron chi connectivity index (χ1n) is 4.74. The van der Waals surface area contributed by atoms with E-state index < -0.39 is 0 Å². The van der Waals surface area contributed by atoms with Gasteiger partial charge in [-0.25, -0.2) is 0 Å². The van der Waals surface area contributed by atoms with Gasteiger partial charge >= 0.3 is 0 Å². The van der Waals surface area contributed by atoms with Crippen molar-refractivity contribution >= 4 is 0 Å². The summed E-state index contributed by atoms with van der Waals surface area (Å²) in [6.07, 6.45) is 7.97. The zero-order chi connectivity index (χ0) is 8.53. The van der Waals surface area contributed by atoms with Gasteiger partial charge < -0.3 is 11.1 Å². The smallest absolute Gasteiger partial charge is 0.0543 e. The zero-order valence-corrected chi connectivity index (χ0v) is 7.90. The minimum absolute atomic E-state index is 0.205. The Morgan fingerprint density at radius 3 is 2.36 bits per heavy atom. The van der Waals surface area contributed by atoms with E-state index in [2.05, 4.69) is 12.2 Å². The molecule has 1 unspecified atom stereocenters. The molecule has 0 bridgehead atoms. The average molecular weight is 158 g/mol. The van der Waals surface area contributed by atoms with Crippen LogP contribution in [0.4, 0.5) is 0 Å². The third kappa shape index (κ3) is 7.82. The monoisotopic (exact) mass is 158 g/mol. The lowest BCUT2D eigenvalue weighted by molar-refractivity contribution is 0.497. The Morgan fingerprint density at radius 2 is 1.82 bits per heavy atom. The number of nitrogens with one attached hydrogen (secondary N) is 1. The normalized spacial score (nSPS) is 13.4. The standard InChI is InChI=1S/C9H22N2/c1-3-4-5-6-7-8-9(10)11-2/h9,11H,3-8,10H2,1-2H3. The lowest BCUT2D eigenvalue weighted by atomic mass is 10.1. The van der Waals surface area contributed by atoms with Crippen molar-refractivity contribution in [2.75, 3.05) is 7.05 Å². The van der Waals surface area contributed by atoms with Crippen LogP contribution in [0.25, 0.3) is 0 Å². The second-order valence-corrected chi connectivity index (χ2v) is 3.10. The Morgan fingerprint density at radius 1 is 1.18 bits per heavy atom. The maximum Gasteiger partial charge on any atom is 0.0543 e. The minimum atomic E-state index is 0.205. The molecule has 0 aliphatic heterocycles. The van der Waals surface area contributed by atoms with Crippen molar-refractivity contribution in [3.63, 3.8) is 0 Å². The summed E-state index contributed by atoms with van der Waals surface area (Å²) < 4.78 is 0. The SMILES string of the molecule is CCCCCCCC(N)NC. The van der Waals surface area contributed by atoms with Crippen molar-refractivity contribution in [2.45, 2.75) is 51.6 Å².